The summed E-state index contributed by atoms with van der Waals surface area (Å²) in [4.78, 5) is 6.98. The maximum Gasteiger partial charge on any atom is 0.129 e. The summed E-state index contributed by atoms with van der Waals surface area (Å²) >= 11 is 0. The summed E-state index contributed by atoms with van der Waals surface area (Å²) in [5, 5.41) is 9.46. The predicted octanol–water partition coefficient (Wildman–Crippen LogP) is 2.71. The summed E-state index contributed by atoms with van der Waals surface area (Å²) < 4.78 is 0. The molecule has 1 aromatic heterocycles. The van der Waals surface area contributed by atoms with E-state index in [1.807, 2.05) is 24.3 Å². The second-order valence-electron chi connectivity index (χ2n) is 2.87. The van der Waals surface area contributed by atoms with E-state index in [2.05, 4.69) is 9.97 Å². The van der Waals surface area contributed by atoms with Gasteiger partial charge in [0.1, 0.15) is 11.6 Å². The molecular formula is C11H11ClN2O. The van der Waals surface area contributed by atoms with Crippen molar-refractivity contribution in [2.24, 2.45) is 0 Å². The van der Waals surface area contributed by atoms with E-state index in [4.69, 9.17) is 0 Å². The third-order valence-corrected chi connectivity index (χ3v) is 1.88. The fraction of sp³-hybridized carbons (Fsp3) is 0. The van der Waals surface area contributed by atoms with Gasteiger partial charge in [0, 0.05) is 18.0 Å². The lowest BCUT2D eigenvalue weighted by Crippen LogP contribution is -1.75. The number of phenols is 1. The van der Waals surface area contributed by atoms with Gasteiger partial charge < -0.3 is 10.1 Å². The molecule has 0 aliphatic carbocycles. The van der Waals surface area contributed by atoms with Gasteiger partial charge in [0.25, 0.3) is 0 Å². The summed E-state index contributed by atoms with van der Waals surface area (Å²) in [6.07, 6.45) is 7.07. The highest BCUT2D eigenvalue weighted by molar-refractivity contribution is 5.85. The zero-order valence-corrected chi connectivity index (χ0v) is 8.74. The lowest BCUT2D eigenvalue weighted by Gasteiger charge is -1.95. The van der Waals surface area contributed by atoms with Crippen LogP contribution in [0.4, 0.5) is 0 Å². The molecule has 1 aromatic carbocycles. The largest absolute Gasteiger partial charge is 0.507 e. The molecule has 0 atom stereocenters. The third-order valence-electron chi connectivity index (χ3n) is 1.88. The molecule has 15 heavy (non-hydrogen) atoms. The number of halogens is 1. The van der Waals surface area contributed by atoms with Crippen LogP contribution in [0.5, 0.6) is 5.75 Å². The van der Waals surface area contributed by atoms with E-state index in [1.165, 1.54) is 0 Å². The molecule has 78 valence electrons. The van der Waals surface area contributed by atoms with Gasteiger partial charge in [-0.25, -0.2) is 4.98 Å². The fourth-order valence-electron chi connectivity index (χ4n) is 1.17. The van der Waals surface area contributed by atoms with Crippen LogP contribution >= 0.6 is 12.4 Å². The van der Waals surface area contributed by atoms with Gasteiger partial charge in [0.15, 0.2) is 0 Å². The number of aromatic amines is 1. The van der Waals surface area contributed by atoms with Gasteiger partial charge >= 0.3 is 0 Å². The number of H-pyrrole nitrogens is 1. The van der Waals surface area contributed by atoms with Crippen molar-refractivity contribution in [2.45, 2.75) is 0 Å². The van der Waals surface area contributed by atoms with E-state index >= 15 is 0 Å². The smallest absolute Gasteiger partial charge is 0.129 e. The number of hydrogen-bond acceptors (Lipinski definition) is 2. The number of benzene rings is 1. The second kappa shape index (κ2) is 5.22. The number of rotatable bonds is 2. The average molecular weight is 223 g/mol. The van der Waals surface area contributed by atoms with Crippen molar-refractivity contribution < 1.29 is 5.11 Å². The predicted molar refractivity (Wildman–Crippen MR) is 62.9 cm³/mol. The summed E-state index contributed by atoms with van der Waals surface area (Å²) in [6.45, 7) is 0. The van der Waals surface area contributed by atoms with E-state index < -0.39 is 0 Å². The minimum Gasteiger partial charge on any atom is -0.507 e. The maximum atomic E-state index is 9.46. The third kappa shape index (κ3) is 2.86. The number of aromatic hydroxyl groups is 1. The average Bonchev–Trinajstić information content (AvgIpc) is 2.69. The lowest BCUT2D eigenvalue weighted by molar-refractivity contribution is 0.474. The Hall–Kier alpha value is -1.74. The number of aromatic nitrogens is 2. The van der Waals surface area contributed by atoms with Crippen molar-refractivity contribution in [1.29, 1.82) is 0 Å². The summed E-state index contributed by atoms with van der Waals surface area (Å²) in [5.41, 5.74) is 0.781. The van der Waals surface area contributed by atoms with Crippen molar-refractivity contribution >= 4 is 24.6 Å². The zero-order valence-electron chi connectivity index (χ0n) is 7.92. The minimum absolute atomic E-state index is 0. The van der Waals surface area contributed by atoms with Crippen molar-refractivity contribution in [3.8, 4) is 5.75 Å². The van der Waals surface area contributed by atoms with Crippen LogP contribution < -0.4 is 0 Å². The number of imidazole rings is 1. The Bertz CT molecular complexity index is 438. The molecule has 0 radical (unpaired) electrons. The van der Waals surface area contributed by atoms with Gasteiger partial charge in [-0.2, -0.15) is 0 Å². The van der Waals surface area contributed by atoms with Gasteiger partial charge in [0.2, 0.25) is 0 Å². The van der Waals surface area contributed by atoms with Crippen molar-refractivity contribution in [3.05, 3.63) is 48.0 Å². The van der Waals surface area contributed by atoms with Gasteiger partial charge in [-0.15, -0.1) is 12.4 Å². The highest BCUT2D eigenvalue weighted by atomic mass is 35.5. The van der Waals surface area contributed by atoms with Crippen molar-refractivity contribution in [2.75, 3.05) is 0 Å². The first kappa shape index (κ1) is 11.3. The number of phenolic OH excluding ortho intramolecular Hbond substituents is 1. The SMILES string of the molecule is Cl.Oc1ccccc1C=Cc1ncc[nH]1. The molecule has 0 spiro atoms. The lowest BCUT2D eigenvalue weighted by atomic mass is 10.2. The first-order chi connectivity index (χ1) is 6.86. The van der Waals surface area contributed by atoms with Crippen LogP contribution in [-0.2, 0) is 0 Å². The molecule has 4 heteroatoms. The Balaban J connectivity index is 0.00000112. The first-order valence-corrected chi connectivity index (χ1v) is 4.32. The number of nitrogens with one attached hydrogen (secondary N) is 1. The van der Waals surface area contributed by atoms with Crippen LogP contribution in [0.2, 0.25) is 0 Å². The van der Waals surface area contributed by atoms with Crippen LogP contribution in [0, 0.1) is 0 Å². The van der Waals surface area contributed by atoms with Crippen molar-refractivity contribution in [3.63, 3.8) is 0 Å². The van der Waals surface area contributed by atoms with E-state index in [0.29, 0.717) is 0 Å². The van der Waals surface area contributed by atoms with Crippen LogP contribution in [0.1, 0.15) is 11.4 Å². The molecule has 0 aliphatic heterocycles. The van der Waals surface area contributed by atoms with E-state index in [1.54, 1.807) is 24.5 Å². The molecule has 0 amide bonds. The van der Waals surface area contributed by atoms with E-state index in [-0.39, 0.29) is 18.2 Å². The molecule has 2 aromatic rings. The molecule has 3 nitrogen and oxygen atoms in total. The summed E-state index contributed by atoms with van der Waals surface area (Å²) in [6, 6.07) is 7.16. The first-order valence-electron chi connectivity index (χ1n) is 4.32. The molecule has 0 unspecified atom stereocenters. The molecule has 1 heterocycles. The number of nitrogens with zero attached hydrogens (tertiary/aromatic N) is 1. The van der Waals surface area contributed by atoms with Crippen molar-refractivity contribution in [1.82, 2.24) is 9.97 Å². The topological polar surface area (TPSA) is 48.9 Å². The van der Waals surface area contributed by atoms with Crippen LogP contribution in [0.15, 0.2) is 36.7 Å². The van der Waals surface area contributed by atoms with Gasteiger partial charge in [-0.3, -0.25) is 0 Å². The Labute approximate surface area is 93.9 Å². The van der Waals surface area contributed by atoms with Crippen LogP contribution in [0.3, 0.4) is 0 Å². The summed E-state index contributed by atoms with van der Waals surface area (Å²) in [5.74, 6) is 1.04. The highest BCUT2D eigenvalue weighted by Gasteiger charge is 1.93. The quantitative estimate of drug-likeness (QED) is 0.821. The Morgan fingerprint density at radius 2 is 2.00 bits per heavy atom. The van der Waals surface area contributed by atoms with Gasteiger partial charge in [0.05, 0.1) is 0 Å². The molecule has 0 aliphatic rings. The second-order valence-corrected chi connectivity index (χ2v) is 2.87. The zero-order chi connectivity index (χ0) is 9.80. The van der Waals surface area contributed by atoms with Crippen LogP contribution in [0.25, 0.3) is 12.2 Å². The monoisotopic (exact) mass is 222 g/mol. The standard InChI is InChI=1S/C11H10N2O.ClH/c14-10-4-2-1-3-9(10)5-6-11-12-7-8-13-11;/h1-8,14H,(H,12,13);1H. The van der Waals surface area contributed by atoms with Gasteiger partial charge in [-0.1, -0.05) is 18.2 Å². The molecule has 0 bridgehead atoms. The maximum absolute atomic E-state index is 9.46. The van der Waals surface area contributed by atoms with E-state index in [0.717, 1.165) is 11.4 Å². The molecule has 2 rings (SSSR count). The molecule has 0 fully saturated rings. The van der Waals surface area contributed by atoms with Crippen LogP contribution in [-0.4, -0.2) is 15.1 Å². The van der Waals surface area contributed by atoms with Gasteiger partial charge in [-0.05, 0) is 18.2 Å². The Kier molecular flexibility index (Phi) is 3.94. The molecular weight excluding hydrogens is 212 g/mol. The normalized spacial score (nSPS) is 10.1. The summed E-state index contributed by atoms with van der Waals surface area (Å²) in [7, 11) is 0. The minimum atomic E-state index is 0. The Morgan fingerprint density at radius 1 is 1.20 bits per heavy atom. The fourth-order valence-corrected chi connectivity index (χ4v) is 1.17. The highest BCUT2D eigenvalue weighted by Crippen LogP contribution is 2.17. The number of para-hydroxylation sites is 1. The molecule has 0 saturated heterocycles. The Morgan fingerprint density at radius 3 is 2.67 bits per heavy atom. The number of hydrogen-bond donors (Lipinski definition) is 2. The van der Waals surface area contributed by atoms with E-state index in [9.17, 15) is 5.11 Å². The molecule has 2 N–H and O–H groups in total. The molecule has 0 saturated carbocycles.